The van der Waals surface area contributed by atoms with Gasteiger partial charge in [0, 0.05) is 38.5 Å². The van der Waals surface area contributed by atoms with Gasteiger partial charge in [-0.2, -0.15) is 0 Å². The van der Waals surface area contributed by atoms with Crippen LogP contribution in [0.4, 0.5) is 4.39 Å². The number of aryl methyl sites for hydroxylation is 1. The Bertz CT molecular complexity index is 1460. The second-order valence-electron chi connectivity index (χ2n) is 9.75. The molecular formula is C28H36FN5O4. The maximum atomic E-state index is 13.5. The van der Waals surface area contributed by atoms with Crippen LogP contribution in [0.1, 0.15) is 50.1 Å². The molecule has 38 heavy (non-hydrogen) atoms. The van der Waals surface area contributed by atoms with Crippen LogP contribution in [0.5, 0.6) is 0 Å². The third kappa shape index (κ3) is 7.15. The number of ether oxygens (including phenoxy) is 2. The molecule has 1 aromatic carbocycles. The van der Waals surface area contributed by atoms with Crippen LogP contribution in [0.25, 0.3) is 12.2 Å². The number of hydrogen-bond acceptors (Lipinski definition) is 6. The lowest BCUT2D eigenvalue weighted by Gasteiger charge is -2.32. The molecule has 1 saturated heterocycles. The molecule has 1 aliphatic rings. The second-order valence-corrected chi connectivity index (χ2v) is 9.75. The van der Waals surface area contributed by atoms with Crippen molar-refractivity contribution in [3.05, 3.63) is 84.8 Å². The molecule has 9 nitrogen and oxygen atoms in total. The number of hydrogen-bond donors (Lipinski definition) is 2. The summed E-state index contributed by atoms with van der Waals surface area (Å²) >= 11 is 0. The van der Waals surface area contributed by atoms with Crippen LogP contribution in [-0.4, -0.2) is 70.0 Å². The van der Waals surface area contributed by atoms with Crippen molar-refractivity contribution in [2.24, 2.45) is 0 Å². The Balaban J connectivity index is 1.50. The summed E-state index contributed by atoms with van der Waals surface area (Å²) in [5, 5.41) is 0.172. The number of aromatic nitrogens is 4. The first-order valence-corrected chi connectivity index (χ1v) is 13.1. The summed E-state index contributed by atoms with van der Waals surface area (Å²) in [6.07, 6.45) is 5.89. The molecule has 3 heterocycles. The first-order valence-electron chi connectivity index (χ1n) is 13.1. The summed E-state index contributed by atoms with van der Waals surface area (Å²) in [5.41, 5.74) is 1.19. The van der Waals surface area contributed by atoms with E-state index in [2.05, 4.69) is 38.3 Å². The number of aromatic amines is 2. The monoisotopic (exact) mass is 525 g/mol. The standard InChI is InChI=1S/C28H36FN5O4/c1-4-37-17-22-16-33(11-12-38-22)9-6-10-34-18-30-23(26(34)19(2)3)15-25-28(36)31-24(27(35)32-25)14-20-7-5-8-21(29)13-20/h5,7-8,13-15,18-19,22H,4,6,9-12,16-17H2,1-3H3,(H,31,36)(H,32,35)/b24-14-,25-15-. The number of morpholine rings is 1. The predicted molar refractivity (Wildman–Crippen MR) is 144 cm³/mol. The lowest BCUT2D eigenvalue weighted by atomic mass is 10.1. The second kappa shape index (κ2) is 12.9. The molecule has 0 saturated carbocycles. The minimum absolute atomic E-state index is 0.0546. The Morgan fingerprint density at radius 1 is 1.18 bits per heavy atom. The van der Waals surface area contributed by atoms with E-state index < -0.39 is 16.9 Å². The van der Waals surface area contributed by atoms with Crippen LogP contribution in [0.2, 0.25) is 0 Å². The number of nitrogens with one attached hydrogen (secondary N) is 2. The van der Waals surface area contributed by atoms with Crippen molar-refractivity contribution < 1.29 is 13.9 Å². The zero-order valence-electron chi connectivity index (χ0n) is 22.2. The lowest BCUT2D eigenvalue weighted by molar-refractivity contribution is -0.0676. The van der Waals surface area contributed by atoms with Gasteiger partial charge in [-0.15, -0.1) is 0 Å². The van der Waals surface area contributed by atoms with Crippen molar-refractivity contribution in [1.29, 1.82) is 0 Å². The highest BCUT2D eigenvalue weighted by Crippen LogP contribution is 2.20. The summed E-state index contributed by atoms with van der Waals surface area (Å²) in [6, 6.07) is 5.80. The van der Waals surface area contributed by atoms with Gasteiger partial charge in [0.05, 0.1) is 31.3 Å². The van der Waals surface area contributed by atoms with Gasteiger partial charge < -0.3 is 24.0 Å². The molecule has 2 N–H and O–H groups in total. The average Bonchev–Trinajstić information content (AvgIpc) is 3.28. The molecule has 0 bridgehead atoms. The third-order valence-electron chi connectivity index (χ3n) is 6.49. The van der Waals surface area contributed by atoms with Crippen molar-refractivity contribution >= 4 is 12.2 Å². The molecule has 4 rings (SSSR count). The van der Waals surface area contributed by atoms with E-state index in [1.54, 1.807) is 24.5 Å². The number of H-pyrrole nitrogens is 2. The largest absolute Gasteiger partial charge is 0.379 e. The topological polar surface area (TPSA) is 105 Å². The quantitative estimate of drug-likeness (QED) is 0.414. The van der Waals surface area contributed by atoms with Gasteiger partial charge in [0.15, 0.2) is 0 Å². The fourth-order valence-electron chi connectivity index (χ4n) is 4.72. The van der Waals surface area contributed by atoms with Crippen molar-refractivity contribution in [3.8, 4) is 0 Å². The van der Waals surface area contributed by atoms with E-state index in [0.717, 1.165) is 38.3 Å². The minimum atomic E-state index is -0.473. The summed E-state index contributed by atoms with van der Waals surface area (Å²) in [6.45, 7) is 11.7. The van der Waals surface area contributed by atoms with E-state index in [-0.39, 0.29) is 22.7 Å². The summed E-state index contributed by atoms with van der Waals surface area (Å²) in [4.78, 5) is 37.6. The highest BCUT2D eigenvalue weighted by molar-refractivity contribution is 5.49. The van der Waals surface area contributed by atoms with Crippen LogP contribution in [-0.2, 0) is 16.0 Å². The van der Waals surface area contributed by atoms with Gasteiger partial charge in [-0.05, 0) is 49.1 Å². The molecule has 10 heteroatoms. The van der Waals surface area contributed by atoms with Crippen LogP contribution in [0.15, 0.2) is 40.2 Å². The van der Waals surface area contributed by atoms with E-state index in [1.165, 1.54) is 18.2 Å². The third-order valence-corrected chi connectivity index (χ3v) is 6.49. The van der Waals surface area contributed by atoms with Gasteiger partial charge >= 0.3 is 0 Å². The number of imidazole rings is 1. The molecule has 0 spiro atoms. The fraction of sp³-hybridized carbons (Fsp3) is 0.464. The van der Waals surface area contributed by atoms with Crippen LogP contribution in [0, 0.1) is 5.82 Å². The molecule has 3 aromatic rings. The number of rotatable bonds is 10. The van der Waals surface area contributed by atoms with E-state index in [4.69, 9.17) is 9.47 Å². The van der Waals surface area contributed by atoms with Crippen LogP contribution >= 0.6 is 0 Å². The Kier molecular flexibility index (Phi) is 9.43. The van der Waals surface area contributed by atoms with Gasteiger partial charge in [-0.3, -0.25) is 14.5 Å². The molecule has 0 amide bonds. The number of halogens is 1. The van der Waals surface area contributed by atoms with E-state index in [1.807, 2.05) is 6.92 Å². The van der Waals surface area contributed by atoms with Gasteiger partial charge in [0.1, 0.15) is 16.5 Å². The maximum Gasteiger partial charge on any atom is 0.272 e. The maximum absolute atomic E-state index is 13.5. The highest BCUT2D eigenvalue weighted by atomic mass is 19.1. The van der Waals surface area contributed by atoms with Crippen LogP contribution in [0.3, 0.4) is 0 Å². The molecule has 204 valence electrons. The summed E-state index contributed by atoms with van der Waals surface area (Å²) in [5.74, 6) is -0.260. The smallest absolute Gasteiger partial charge is 0.272 e. The normalized spacial score (nSPS) is 17.6. The highest BCUT2D eigenvalue weighted by Gasteiger charge is 2.20. The Morgan fingerprint density at radius 3 is 2.66 bits per heavy atom. The molecule has 0 aliphatic carbocycles. The minimum Gasteiger partial charge on any atom is -0.379 e. The molecule has 1 fully saturated rings. The van der Waals surface area contributed by atoms with E-state index >= 15 is 0 Å². The molecule has 1 aliphatic heterocycles. The average molecular weight is 526 g/mol. The van der Waals surface area contributed by atoms with Gasteiger partial charge in [-0.25, -0.2) is 9.37 Å². The Hall–Kier alpha value is -3.34. The van der Waals surface area contributed by atoms with E-state index in [9.17, 15) is 14.0 Å². The molecule has 1 atom stereocenters. The first-order chi connectivity index (χ1) is 18.3. The summed E-state index contributed by atoms with van der Waals surface area (Å²) in [7, 11) is 0. The molecule has 2 aromatic heterocycles. The summed E-state index contributed by atoms with van der Waals surface area (Å²) < 4.78 is 26.9. The first kappa shape index (κ1) is 27.7. The Labute approximate surface area is 220 Å². The predicted octanol–water partition coefficient (Wildman–Crippen LogP) is 1.31. The molecule has 1 unspecified atom stereocenters. The van der Waals surface area contributed by atoms with E-state index in [0.29, 0.717) is 31.1 Å². The van der Waals surface area contributed by atoms with Gasteiger partial charge in [0.2, 0.25) is 0 Å². The van der Waals surface area contributed by atoms with Crippen molar-refractivity contribution in [2.75, 3.05) is 39.5 Å². The Morgan fingerprint density at radius 2 is 1.95 bits per heavy atom. The van der Waals surface area contributed by atoms with Crippen molar-refractivity contribution in [2.45, 2.75) is 45.8 Å². The van der Waals surface area contributed by atoms with Crippen molar-refractivity contribution in [1.82, 2.24) is 24.4 Å². The number of nitrogens with zero attached hydrogens (tertiary/aromatic N) is 3. The molecule has 0 radical (unpaired) electrons. The zero-order chi connectivity index (χ0) is 27.1. The van der Waals surface area contributed by atoms with Crippen LogP contribution < -0.4 is 21.8 Å². The number of benzene rings is 1. The van der Waals surface area contributed by atoms with Gasteiger partial charge in [0.25, 0.3) is 11.1 Å². The van der Waals surface area contributed by atoms with Crippen molar-refractivity contribution in [3.63, 3.8) is 0 Å². The SMILES string of the molecule is CCOCC1CN(CCCn2cnc(/C=c3\[nH]c(=O)/c(=C/c4cccc(F)c4)[nH]c3=O)c2C(C)C)CCO1. The fourth-order valence-corrected chi connectivity index (χ4v) is 4.72. The van der Waals surface area contributed by atoms with Gasteiger partial charge in [-0.1, -0.05) is 26.0 Å². The zero-order valence-corrected chi connectivity index (χ0v) is 22.2. The molecular weight excluding hydrogens is 489 g/mol. The lowest BCUT2D eigenvalue weighted by Crippen LogP contribution is -2.46.